The van der Waals surface area contributed by atoms with Gasteiger partial charge in [0, 0.05) is 6.27 Å². The lowest BCUT2D eigenvalue weighted by atomic mass is 10.2. The van der Waals surface area contributed by atoms with Gasteiger partial charge in [-0.1, -0.05) is 48.5 Å². The lowest BCUT2D eigenvalue weighted by molar-refractivity contribution is 0.682. The van der Waals surface area contributed by atoms with Gasteiger partial charge in [-0.3, -0.25) is 4.21 Å². The zero-order valence-electron chi connectivity index (χ0n) is 9.17. The van der Waals surface area contributed by atoms with E-state index in [1.54, 1.807) is 12.1 Å². The van der Waals surface area contributed by atoms with E-state index in [-0.39, 0.29) is 0 Å². The molecule has 0 saturated carbocycles. The van der Waals surface area contributed by atoms with Crippen molar-refractivity contribution in [1.82, 2.24) is 0 Å². The lowest BCUT2D eigenvalue weighted by Crippen LogP contribution is -1.95. The first-order chi connectivity index (χ1) is 7.79. The highest BCUT2D eigenvalue weighted by Crippen LogP contribution is 2.11. The molecule has 0 aliphatic rings. The standard InChI is InChI=1S/C13H12OS/c14-15(13-9-5-2-6-10-13)11-12-7-3-1-4-8-12/h1-10H,11H2/i11D. The van der Waals surface area contributed by atoms with Crippen molar-refractivity contribution >= 4 is 10.8 Å². The third kappa shape index (κ3) is 2.77. The highest BCUT2D eigenvalue weighted by molar-refractivity contribution is 7.84. The molecule has 0 heterocycles. The Kier molecular flexibility index (Phi) is 2.89. The molecule has 2 unspecified atom stereocenters. The summed E-state index contributed by atoms with van der Waals surface area (Å²) >= 11 is 0. The van der Waals surface area contributed by atoms with E-state index in [2.05, 4.69) is 0 Å². The van der Waals surface area contributed by atoms with Crippen LogP contribution in [-0.2, 0) is 16.5 Å². The molecule has 0 saturated heterocycles. The highest BCUT2D eigenvalue weighted by Gasteiger charge is 2.03. The van der Waals surface area contributed by atoms with E-state index in [4.69, 9.17) is 1.37 Å². The summed E-state index contributed by atoms with van der Waals surface area (Å²) in [5, 5.41) is 0. The van der Waals surface area contributed by atoms with E-state index in [1.165, 1.54) is 0 Å². The Balaban J connectivity index is 2.24. The molecular weight excluding hydrogens is 204 g/mol. The predicted molar refractivity (Wildman–Crippen MR) is 63.0 cm³/mol. The monoisotopic (exact) mass is 217 g/mol. The molecule has 15 heavy (non-hydrogen) atoms. The van der Waals surface area contributed by atoms with Crippen molar-refractivity contribution in [3.63, 3.8) is 0 Å². The Labute approximate surface area is 93.6 Å². The lowest BCUT2D eigenvalue weighted by Gasteiger charge is -2.01. The molecule has 0 aliphatic carbocycles. The van der Waals surface area contributed by atoms with Crippen LogP contribution in [0.4, 0.5) is 0 Å². The molecule has 2 aromatic carbocycles. The first kappa shape index (κ1) is 8.86. The molecule has 0 N–H and O–H groups in total. The van der Waals surface area contributed by atoms with Crippen LogP contribution in [0.1, 0.15) is 6.93 Å². The van der Waals surface area contributed by atoms with Crippen LogP contribution in [0.2, 0.25) is 0 Å². The van der Waals surface area contributed by atoms with Crippen LogP contribution < -0.4 is 0 Å². The van der Waals surface area contributed by atoms with Gasteiger partial charge in [-0.25, -0.2) is 0 Å². The summed E-state index contributed by atoms with van der Waals surface area (Å²) in [5.74, 6) is 0. The molecule has 0 spiro atoms. The minimum absolute atomic E-state index is 0.700. The van der Waals surface area contributed by atoms with Crippen molar-refractivity contribution in [1.29, 1.82) is 0 Å². The van der Waals surface area contributed by atoms with Gasteiger partial charge in [0.1, 0.15) is 0 Å². The van der Waals surface area contributed by atoms with E-state index in [9.17, 15) is 4.21 Å². The van der Waals surface area contributed by atoms with Gasteiger partial charge in [-0.15, -0.1) is 0 Å². The van der Waals surface area contributed by atoms with Gasteiger partial charge in [0.25, 0.3) is 0 Å². The second-order valence-corrected chi connectivity index (χ2v) is 4.44. The Morgan fingerprint density at radius 1 is 0.933 bits per heavy atom. The fourth-order valence-electron chi connectivity index (χ4n) is 1.28. The molecule has 0 aromatic heterocycles. The van der Waals surface area contributed by atoms with Gasteiger partial charge in [0.15, 0.2) is 0 Å². The smallest absolute Gasteiger partial charge is 0.0574 e. The quantitative estimate of drug-likeness (QED) is 0.772. The van der Waals surface area contributed by atoms with Crippen molar-refractivity contribution in [3.8, 4) is 0 Å². The Morgan fingerprint density at radius 3 is 2.07 bits per heavy atom. The minimum Gasteiger partial charge on any atom is -0.254 e. The van der Waals surface area contributed by atoms with Crippen LogP contribution in [0.3, 0.4) is 0 Å². The minimum atomic E-state index is -1.31. The second kappa shape index (κ2) is 4.89. The Hall–Kier alpha value is -1.41. The summed E-state index contributed by atoms with van der Waals surface area (Å²) in [6.07, 6.45) is 0. The van der Waals surface area contributed by atoms with Gasteiger partial charge in [-0.2, -0.15) is 0 Å². The molecule has 2 aromatic rings. The van der Waals surface area contributed by atoms with E-state index in [0.717, 1.165) is 5.56 Å². The van der Waals surface area contributed by atoms with E-state index in [1.807, 2.05) is 48.5 Å². The maximum absolute atomic E-state index is 12.1. The fourth-order valence-corrected chi connectivity index (χ4v) is 2.24. The van der Waals surface area contributed by atoms with Crippen LogP contribution in [-0.4, -0.2) is 4.21 Å². The normalized spacial score (nSPS) is 15.3. The third-order valence-corrected chi connectivity index (χ3v) is 3.24. The Morgan fingerprint density at radius 2 is 1.47 bits per heavy atom. The summed E-state index contributed by atoms with van der Waals surface area (Å²) < 4.78 is 20.0. The van der Waals surface area contributed by atoms with Crippen LogP contribution in [0.25, 0.3) is 0 Å². The van der Waals surface area contributed by atoms with Gasteiger partial charge in [0.05, 0.1) is 16.5 Å². The third-order valence-electron chi connectivity index (χ3n) is 2.02. The second-order valence-electron chi connectivity index (χ2n) is 3.14. The zero-order valence-corrected chi connectivity index (χ0v) is 8.98. The SMILES string of the molecule is [2H]C(c1ccccc1)S(=O)c1ccccc1. The molecule has 1 nitrogen and oxygen atoms in total. The van der Waals surface area contributed by atoms with Gasteiger partial charge < -0.3 is 0 Å². The van der Waals surface area contributed by atoms with Crippen LogP contribution in [0, 0.1) is 0 Å². The average Bonchev–Trinajstić information content (AvgIpc) is 2.39. The molecule has 2 rings (SSSR count). The first-order valence-electron chi connectivity index (χ1n) is 5.29. The molecule has 76 valence electrons. The molecule has 2 heteroatoms. The summed E-state index contributed by atoms with van der Waals surface area (Å²) in [6.45, 7) is 0. The average molecular weight is 217 g/mol. The van der Waals surface area contributed by atoms with Crippen molar-refractivity contribution in [2.75, 3.05) is 0 Å². The topological polar surface area (TPSA) is 17.1 Å². The number of hydrogen-bond acceptors (Lipinski definition) is 1. The maximum atomic E-state index is 12.1. The molecule has 0 fully saturated rings. The van der Waals surface area contributed by atoms with Crippen LogP contribution in [0.5, 0.6) is 0 Å². The number of rotatable bonds is 3. The van der Waals surface area contributed by atoms with E-state index in [0.29, 0.717) is 4.90 Å². The summed E-state index contributed by atoms with van der Waals surface area (Å²) in [5.41, 5.74) is 0.0632. The van der Waals surface area contributed by atoms with Crippen LogP contribution in [0.15, 0.2) is 65.6 Å². The molecule has 0 radical (unpaired) electrons. The summed E-state index contributed by atoms with van der Waals surface area (Å²) in [7, 11) is -1.31. The first-order valence-corrected chi connectivity index (χ1v) is 5.93. The molecule has 2 atom stereocenters. The largest absolute Gasteiger partial charge is 0.254 e. The molecule has 0 bridgehead atoms. The molecule has 0 amide bonds. The van der Waals surface area contributed by atoms with Crippen molar-refractivity contribution in [3.05, 3.63) is 66.2 Å². The predicted octanol–water partition coefficient (Wildman–Crippen LogP) is 2.99. The number of benzene rings is 2. The van der Waals surface area contributed by atoms with E-state index < -0.39 is 16.5 Å². The van der Waals surface area contributed by atoms with Crippen molar-refractivity contribution in [2.24, 2.45) is 0 Å². The van der Waals surface area contributed by atoms with Crippen LogP contribution >= 0.6 is 0 Å². The summed E-state index contributed by atoms with van der Waals surface area (Å²) in [4.78, 5) is 0.700. The van der Waals surface area contributed by atoms with Crippen molar-refractivity contribution < 1.29 is 5.58 Å². The molecular formula is C13H12OS. The maximum Gasteiger partial charge on any atom is 0.0574 e. The number of hydrogen-bond donors (Lipinski definition) is 0. The van der Waals surface area contributed by atoms with Crippen molar-refractivity contribution in [2.45, 2.75) is 10.6 Å². The highest BCUT2D eigenvalue weighted by atomic mass is 32.2. The Bertz CT molecular complexity index is 470. The molecule has 0 aliphatic heterocycles. The zero-order chi connectivity index (χ0) is 11.4. The van der Waals surface area contributed by atoms with Gasteiger partial charge >= 0.3 is 0 Å². The van der Waals surface area contributed by atoms with E-state index >= 15 is 0 Å². The van der Waals surface area contributed by atoms with Gasteiger partial charge in [-0.05, 0) is 17.7 Å². The van der Waals surface area contributed by atoms with Gasteiger partial charge in [0.2, 0.25) is 0 Å². The summed E-state index contributed by atoms with van der Waals surface area (Å²) in [6, 6.07) is 18.4. The fraction of sp³-hybridized carbons (Fsp3) is 0.0769.